The summed E-state index contributed by atoms with van der Waals surface area (Å²) in [7, 11) is 1.58. The number of carboxylic acids is 1. The van der Waals surface area contributed by atoms with Gasteiger partial charge in [0.25, 0.3) is 0 Å². The van der Waals surface area contributed by atoms with Gasteiger partial charge in [0.15, 0.2) is 0 Å². The highest BCUT2D eigenvalue weighted by atomic mass is 35.5. The minimum atomic E-state index is -0.819. The minimum Gasteiger partial charge on any atom is -0.497 e. The predicted molar refractivity (Wildman–Crippen MR) is 61.0 cm³/mol. The van der Waals surface area contributed by atoms with Crippen LogP contribution in [0, 0.1) is 0 Å². The number of benzene rings is 1. The molecule has 0 aliphatic heterocycles. The van der Waals surface area contributed by atoms with Crippen LogP contribution < -0.4 is 4.74 Å². The van der Waals surface area contributed by atoms with Gasteiger partial charge in [0, 0.05) is 0 Å². The first kappa shape index (κ1) is 13.8. The normalized spacial score (nSPS) is 9.20. The first-order valence-electron chi connectivity index (χ1n) is 4.54. The summed E-state index contributed by atoms with van der Waals surface area (Å²) in [5, 5.41) is 8.65. The van der Waals surface area contributed by atoms with Gasteiger partial charge in [-0.3, -0.25) is 4.79 Å². The summed E-state index contributed by atoms with van der Waals surface area (Å²) in [6.07, 6.45) is 0.925. The number of rotatable bonds is 4. The molecule has 4 heteroatoms. The fourth-order valence-corrected chi connectivity index (χ4v) is 1.33. The lowest BCUT2D eigenvalue weighted by atomic mass is 10.1. The summed E-state index contributed by atoms with van der Waals surface area (Å²) in [5.74, 6) is -0.0964. The molecule has 0 bridgehead atoms. The third-order valence-corrected chi connectivity index (χ3v) is 2.03. The molecule has 0 radical (unpaired) electrons. The highest BCUT2D eigenvalue weighted by Gasteiger charge is 2.04. The van der Waals surface area contributed by atoms with Crippen LogP contribution in [0.3, 0.4) is 0 Å². The molecular formula is C11H15ClO3. The molecule has 3 nitrogen and oxygen atoms in total. The number of carbonyl (C=O) groups is 1. The van der Waals surface area contributed by atoms with E-state index < -0.39 is 5.97 Å². The Bertz CT molecular complexity index is 314. The Morgan fingerprint density at radius 1 is 1.33 bits per heavy atom. The topological polar surface area (TPSA) is 46.5 Å². The van der Waals surface area contributed by atoms with Crippen molar-refractivity contribution in [2.75, 3.05) is 7.11 Å². The largest absolute Gasteiger partial charge is 0.497 e. The van der Waals surface area contributed by atoms with Crippen molar-refractivity contribution in [1.82, 2.24) is 0 Å². The van der Waals surface area contributed by atoms with Crippen LogP contribution in [0.1, 0.15) is 18.1 Å². The summed E-state index contributed by atoms with van der Waals surface area (Å²) >= 11 is 0. The van der Waals surface area contributed by atoms with Gasteiger partial charge in [0.1, 0.15) is 5.75 Å². The lowest BCUT2D eigenvalue weighted by Gasteiger charge is -2.06. The lowest BCUT2D eigenvalue weighted by molar-refractivity contribution is -0.136. The zero-order valence-corrected chi connectivity index (χ0v) is 9.63. The number of aryl methyl sites for hydroxylation is 1. The van der Waals surface area contributed by atoms with Crippen molar-refractivity contribution in [3.8, 4) is 5.75 Å². The molecule has 0 spiro atoms. The van der Waals surface area contributed by atoms with Crippen molar-refractivity contribution in [3.63, 3.8) is 0 Å². The van der Waals surface area contributed by atoms with Gasteiger partial charge in [0.2, 0.25) is 0 Å². The first-order valence-corrected chi connectivity index (χ1v) is 4.54. The quantitative estimate of drug-likeness (QED) is 0.864. The molecule has 0 heterocycles. The maximum atomic E-state index is 10.5. The van der Waals surface area contributed by atoms with E-state index in [0.717, 1.165) is 23.3 Å². The van der Waals surface area contributed by atoms with Crippen molar-refractivity contribution < 1.29 is 14.6 Å². The van der Waals surface area contributed by atoms with Gasteiger partial charge in [0.05, 0.1) is 13.5 Å². The molecule has 0 aliphatic rings. The zero-order valence-electron chi connectivity index (χ0n) is 8.82. The van der Waals surface area contributed by atoms with Gasteiger partial charge >= 0.3 is 5.97 Å². The lowest BCUT2D eigenvalue weighted by Crippen LogP contribution is -2.01. The molecule has 0 aliphatic carbocycles. The van der Waals surface area contributed by atoms with E-state index in [4.69, 9.17) is 9.84 Å². The van der Waals surface area contributed by atoms with Gasteiger partial charge < -0.3 is 9.84 Å². The molecular weight excluding hydrogens is 216 g/mol. The predicted octanol–water partition coefficient (Wildman–Crippen LogP) is 2.31. The van der Waals surface area contributed by atoms with E-state index in [9.17, 15) is 4.79 Å². The van der Waals surface area contributed by atoms with Crippen molar-refractivity contribution >= 4 is 18.4 Å². The smallest absolute Gasteiger partial charge is 0.307 e. The summed E-state index contributed by atoms with van der Waals surface area (Å²) in [6.45, 7) is 2.03. The van der Waals surface area contributed by atoms with E-state index in [1.807, 2.05) is 19.1 Å². The van der Waals surface area contributed by atoms with Crippen LogP contribution in [-0.2, 0) is 17.6 Å². The van der Waals surface area contributed by atoms with Gasteiger partial charge in [-0.15, -0.1) is 12.4 Å². The molecule has 0 saturated carbocycles. The Labute approximate surface area is 95.5 Å². The summed E-state index contributed by atoms with van der Waals surface area (Å²) in [6, 6.07) is 5.58. The minimum absolute atomic E-state index is 0. The Balaban J connectivity index is 0.00000196. The Morgan fingerprint density at radius 2 is 1.93 bits per heavy atom. The number of hydrogen-bond donors (Lipinski definition) is 1. The maximum Gasteiger partial charge on any atom is 0.307 e. The number of ether oxygens (including phenoxy) is 1. The van der Waals surface area contributed by atoms with Crippen molar-refractivity contribution in [1.29, 1.82) is 0 Å². The van der Waals surface area contributed by atoms with Crippen molar-refractivity contribution in [2.45, 2.75) is 19.8 Å². The van der Waals surface area contributed by atoms with Crippen LogP contribution >= 0.6 is 12.4 Å². The van der Waals surface area contributed by atoms with Crippen LogP contribution in [0.4, 0.5) is 0 Å². The molecule has 15 heavy (non-hydrogen) atoms. The molecule has 84 valence electrons. The highest BCUT2D eigenvalue weighted by Crippen LogP contribution is 2.17. The highest BCUT2D eigenvalue weighted by molar-refractivity contribution is 5.85. The summed E-state index contributed by atoms with van der Waals surface area (Å²) in [5.41, 5.74) is 1.88. The monoisotopic (exact) mass is 230 g/mol. The molecule has 0 saturated heterocycles. The van der Waals surface area contributed by atoms with Gasteiger partial charge in [-0.2, -0.15) is 0 Å². The maximum absolute atomic E-state index is 10.5. The fourth-order valence-electron chi connectivity index (χ4n) is 1.33. The van der Waals surface area contributed by atoms with Crippen LogP contribution in [0.2, 0.25) is 0 Å². The first-order chi connectivity index (χ1) is 6.65. The average molecular weight is 231 g/mol. The molecule has 1 aromatic rings. The number of aliphatic carboxylic acids is 1. The Kier molecular flexibility index (Phi) is 5.79. The number of methoxy groups -OCH3 is 1. The number of halogens is 1. The number of hydrogen-bond acceptors (Lipinski definition) is 2. The van der Waals surface area contributed by atoms with E-state index in [0.29, 0.717) is 0 Å². The second kappa shape index (κ2) is 6.30. The molecule has 0 atom stereocenters. The molecule has 1 rings (SSSR count). The van der Waals surface area contributed by atoms with E-state index in [2.05, 4.69) is 0 Å². The van der Waals surface area contributed by atoms with Crippen LogP contribution in [-0.4, -0.2) is 18.2 Å². The average Bonchev–Trinajstić information content (AvgIpc) is 2.16. The van der Waals surface area contributed by atoms with E-state index in [1.54, 1.807) is 13.2 Å². The van der Waals surface area contributed by atoms with E-state index >= 15 is 0 Å². The van der Waals surface area contributed by atoms with Gasteiger partial charge in [-0.05, 0) is 29.7 Å². The molecule has 1 N–H and O–H groups in total. The molecule has 0 unspecified atom stereocenters. The van der Waals surface area contributed by atoms with Crippen LogP contribution in [0.25, 0.3) is 0 Å². The van der Waals surface area contributed by atoms with Crippen molar-refractivity contribution in [2.24, 2.45) is 0 Å². The standard InChI is InChI=1S/C11H14O3.ClH/c1-3-8-4-9(7-11(12)13)6-10(5-8)14-2;/h4-6H,3,7H2,1-2H3,(H,12,13);1H. The molecule has 0 amide bonds. The zero-order chi connectivity index (χ0) is 10.6. The van der Waals surface area contributed by atoms with E-state index in [1.165, 1.54) is 0 Å². The van der Waals surface area contributed by atoms with Gasteiger partial charge in [-0.1, -0.05) is 13.0 Å². The second-order valence-corrected chi connectivity index (χ2v) is 3.11. The third kappa shape index (κ3) is 4.21. The fraction of sp³-hybridized carbons (Fsp3) is 0.364. The van der Waals surface area contributed by atoms with Crippen molar-refractivity contribution in [3.05, 3.63) is 29.3 Å². The van der Waals surface area contributed by atoms with Gasteiger partial charge in [-0.25, -0.2) is 0 Å². The Hall–Kier alpha value is -1.22. The SMILES string of the molecule is CCc1cc(CC(=O)O)cc(OC)c1.Cl. The molecule has 1 aromatic carbocycles. The molecule has 0 fully saturated rings. The Morgan fingerprint density at radius 3 is 2.40 bits per heavy atom. The third-order valence-electron chi connectivity index (χ3n) is 2.03. The second-order valence-electron chi connectivity index (χ2n) is 3.11. The number of carboxylic acid groups (broad SMARTS) is 1. The summed E-state index contributed by atoms with van der Waals surface area (Å²) < 4.78 is 5.09. The van der Waals surface area contributed by atoms with E-state index in [-0.39, 0.29) is 18.8 Å². The van der Waals surface area contributed by atoms with Crippen LogP contribution in [0.5, 0.6) is 5.75 Å². The van der Waals surface area contributed by atoms with Crippen LogP contribution in [0.15, 0.2) is 18.2 Å². The molecule has 0 aromatic heterocycles. The summed E-state index contributed by atoms with van der Waals surface area (Å²) in [4.78, 5) is 10.5.